The Morgan fingerprint density at radius 2 is 1.53 bits per heavy atom. The average Bonchev–Trinajstić information content (AvgIpc) is 2.35. The van der Waals surface area contributed by atoms with Gasteiger partial charge in [0.15, 0.2) is 5.69 Å². The summed E-state index contributed by atoms with van der Waals surface area (Å²) in [5, 5.41) is 27.1. The number of carbonyl (C=O) groups is 3. The largest absolute Gasteiger partial charge is 0.478 e. The van der Waals surface area contributed by atoms with Crippen LogP contribution in [0.1, 0.15) is 31.2 Å². The molecule has 0 amide bonds. The van der Waals surface area contributed by atoms with Crippen LogP contribution in [0.15, 0.2) is 24.3 Å². The minimum atomic E-state index is -1.53. The first-order valence-corrected chi connectivity index (χ1v) is 5.05. The van der Waals surface area contributed by atoms with Gasteiger partial charge in [0.1, 0.15) is 0 Å². The van der Waals surface area contributed by atoms with E-state index in [0.717, 1.165) is 6.07 Å². The van der Waals surface area contributed by atoms with E-state index < -0.39 is 29.2 Å². The summed E-state index contributed by atoms with van der Waals surface area (Å²) in [6.07, 6.45) is 0. The van der Waals surface area contributed by atoms with Gasteiger partial charge in [-0.15, -0.1) is 0 Å². The monoisotopic (exact) mass is 261 g/mol. The lowest BCUT2D eigenvalue weighted by molar-refractivity contribution is 0.0646. The SMILES string of the molecule is O=C(O)c1cc2cccc(C(=O)O)c2nc1C(=O)O. The van der Waals surface area contributed by atoms with Gasteiger partial charge in [-0.1, -0.05) is 12.1 Å². The van der Waals surface area contributed by atoms with Crippen LogP contribution in [0.25, 0.3) is 10.9 Å². The van der Waals surface area contributed by atoms with E-state index in [0.29, 0.717) is 0 Å². The van der Waals surface area contributed by atoms with Gasteiger partial charge >= 0.3 is 17.9 Å². The number of para-hydroxylation sites is 1. The standard InChI is InChI=1S/C12H7NO6/c14-10(15)6-3-1-2-5-4-7(11(16)17)9(12(18)19)13-8(5)6/h1-4H,(H,14,15)(H,16,17)(H,18,19). The lowest BCUT2D eigenvalue weighted by atomic mass is 10.1. The van der Waals surface area contributed by atoms with E-state index in [-0.39, 0.29) is 16.5 Å². The minimum Gasteiger partial charge on any atom is -0.478 e. The van der Waals surface area contributed by atoms with E-state index in [9.17, 15) is 14.4 Å². The number of fused-ring (bicyclic) bond motifs is 1. The van der Waals surface area contributed by atoms with Crippen LogP contribution < -0.4 is 0 Å². The van der Waals surface area contributed by atoms with E-state index in [2.05, 4.69) is 4.98 Å². The van der Waals surface area contributed by atoms with E-state index in [4.69, 9.17) is 15.3 Å². The van der Waals surface area contributed by atoms with Crippen molar-refractivity contribution in [3.05, 3.63) is 41.1 Å². The van der Waals surface area contributed by atoms with Crippen LogP contribution in [-0.4, -0.2) is 38.2 Å². The lowest BCUT2D eigenvalue weighted by Gasteiger charge is -2.06. The van der Waals surface area contributed by atoms with Crippen molar-refractivity contribution in [1.29, 1.82) is 0 Å². The van der Waals surface area contributed by atoms with Gasteiger partial charge in [-0.3, -0.25) is 0 Å². The summed E-state index contributed by atoms with van der Waals surface area (Å²) in [5.41, 5.74) is -1.41. The highest BCUT2D eigenvalue weighted by molar-refractivity contribution is 6.07. The van der Waals surface area contributed by atoms with Crippen molar-refractivity contribution in [2.45, 2.75) is 0 Å². The third-order valence-corrected chi connectivity index (χ3v) is 2.51. The number of rotatable bonds is 3. The predicted octanol–water partition coefficient (Wildman–Crippen LogP) is 1.33. The highest BCUT2D eigenvalue weighted by Gasteiger charge is 2.21. The third-order valence-electron chi connectivity index (χ3n) is 2.51. The molecule has 1 aromatic carbocycles. The number of pyridine rings is 1. The summed E-state index contributed by atoms with van der Waals surface area (Å²) < 4.78 is 0. The molecule has 1 heterocycles. The van der Waals surface area contributed by atoms with Crippen LogP contribution in [0.5, 0.6) is 0 Å². The number of hydrogen-bond donors (Lipinski definition) is 3. The van der Waals surface area contributed by atoms with Crippen LogP contribution in [-0.2, 0) is 0 Å². The van der Waals surface area contributed by atoms with Gasteiger partial charge in [0.2, 0.25) is 0 Å². The summed E-state index contributed by atoms with van der Waals surface area (Å²) in [7, 11) is 0. The van der Waals surface area contributed by atoms with Crippen molar-refractivity contribution >= 4 is 28.8 Å². The van der Waals surface area contributed by atoms with Gasteiger partial charge in [-0.2, -0.15) is 0 Å². The molecule has 0 fully saturated rings. The average molecular weight is 261 g/mol. The Labute approximate surface area is 105 Å². The first-order chi connectivity index (χ1) is 8.91. The van der Waals surface area contributed by atoms with Crippen LogP contribution in [0.2, 0.25) is 0 Å². The molecule has 7 heteroatoms. The summed E-state index contributed by atoms with van der Waals surface area (Å²) in [4.78, 5) is 36.6. The summed E-state index contributed by atoms with van der Waals surface area (Å²) in [5.74, 6) is -4.23. The molecule has 0 aliphatic carbocycles. The molecule has 96 valence electrons. The molecular weight excluding hydrogens is 254 g/mol. The smallest absolute Gasteiger partial charge is 0.355 e. The van der Waals surface area contributed by atoms with Crippen molar-refractivity contribution in [3.63, 3.8) is 0 Å². The Bertz CT molecular complexity index is 721. The van der Waals surface area contributed by atoms with E-state index >= 15 is 0 Å². The molecule has 0 unspecified atom stereocenters. The maximum atomic E-state index is 11.0. The second-order valence-corrected chi connectivity index (χ2v) is 3.68. The van der Waals surface area contributed by atoms with Crippen molar-refractivity contribution in [3.8, 4) is 0 Å². The molecule has 1 aromatic heterocycles. The fourth-order valence-electron chi connectivity index (χ4n) is 1.70. The van der Waals surface area contributed by atoms with Gasteiger partial charge in [-0.25, -0.2) is 19.4 Å². The molecular formula is C12H7NO6. The van der Waals surface area contributed by atoms with Gasteiger partial charge in [-0.05, 0) is 12.1 Å². The predicted molar refractivity (Wildman–Crippen MR) is 62.6 cm³/mol. The minimum absolute atomic E-state index is 0.0580. The van der Waals surface area contributed by atoms with Crippen molar-refractivity contribution in [2.24, 2.45) is 0 Å². The fraction of sp³-hybridized carbons (Fsp3) is 0. The second-order valence-electron chi connectivity index (χ2n) is 3.68. The number of aromatic nitrogens is 1. The maximum absolute atomic E-state index is 11.0. The summed E-state index contributed by atoms with van der Waals surface area (Å²) >= 11 is 0. The first kappa shape index (κ1) is 12.5. The highest BCUT2D eigenvalue weighted by atomic mass is 16.4. The molecule has 0 saturated carbocycles. The zero-order valence-electron chi connectivity index (χ0n) is 9.32. The van der Waals surface area contributed by atoms with Gasteiger partial charge in [0, 0.05) is 5.39 Å². The molecule has 0 bridgehead atoms. The molecule has 0 saturated heterocycles. The number of nitrogens with zero attached hydrogens (tertiary/aromatic N) is 1. The maximum Gasteiger partial charge on any atom is 0.355 e. The Kier molecular flexibility index (Phi) is 2.88. The Balaban J connectivity index is 2.89. The highest BCUT2D eigenvalue weighted by Crippen LogP contribution is 2.20. The van der Waals surface area contributed by atoms with Crippen LogP contribution >= 0.6 is 0 Å². The Hall–Kier alpha value is -2.96. The number of aromatic carboxylic acids is 3. The first-order valence-electron chi connectivity index (χ1n) is 5.05. The normalized spacial score (nSPS) is 10.3. The molecule has 2 rings (SSSR count). The molecule has 0 radical (unpaired) electrons. The van der Waals surface area contributed by atoms with Crippen molar-refractivity contribution in [2.75, 3.05) is 0 Å². The van der Waals surface area contributed by atoms with Gasteiger partial charge in [0.05, 0.1) is 16.6 Å². The topological polar surface area (TPSA) is 125 Å². The molecule has 7 nitrogen and oxygen atoms in total. The number of benzene rings is 1. The van der Waals surface area contributed by atoms with Crippen LogP contribution in [0.4, 0.5) is 0 Å². The quantitative estimate of drug-likeness (QED) is 0.760. The Morgan fingerprint density at radius 3 is 2.05 bits per heavy atom. The van der Waals surface area contributed by atoms with Crippen molar-refractivity contribution in [1.82, 2.24) is 4.98 Å². The summed E-state index contributed by atoms with van der Waals surface area (Å²) in [6, 6.07) is 5.26. The van der Waals surface area contributed by atoms with Crippen LogP contribution in [0.3, 0.4) is 0 Å². The molecule has 0 spiro atoms. The van der Waals surface area contributed by atoms with Crippen LogP contribution in [0, 0.1) is 0 Å². The molecule has 3 N–H and O–H groups in total. The third kappa shape index (κ3) is 2.08. The molecule has 0 aliphatic heterocycles. The van der Waals surface area contributed by atoms with E-state index in [1.807, 2.05) is 0 Å². The fourth-order valence-corrected chi connectivity index (χ4v) is 1.70. The Morgan fingerprint density at radius 1 is 0.895 bits per heavy atom. The molecule has 19 heavy (non-hydrogen) atoms. The second kappa shape index (κ2) is 4.37. The van der Waals surface area contributed by atoms with E-state index in [1.54, 1.807) is 0 Å². The number of hydrogen-bond acceptors (Lipinski definition) is 4. The van der Waals surface area contributed by atoms with Gasteiger partial charge in [0.25, 0.3) is 0 Å². The number of carboxylic acids is 3. The zero-order valence-corrected chi connectivity index (χ0v) is 9.32. The zero-order chi connectivity index (χ0) is 14.2. The molecule has 2 aromatic rings. The van der Waals surface area contributed by atoms with Crippen molar-refractivity contribution < 1.29 is 29.7 Å². The van der Waals surface area contributed by atoms with Gasteiger partial charge < -0.3 is 15.3 Å². The molecule has 0 atom stereocenters. The number of carboxylic acid groups (broad SMARTS) is 3. The van der Waals surface area contributed by atoms with E-state index in [1.165, 1.54) is 18.2 Å². The molecule has 0 aliphatic rings. The summed E-state index contributed by atoms with van der Waals surface area (Å²) in [6.45, 7) is 0. The lowest BCUT2D eigenvalue weighted by Crippen LogP contribution is -2.12.